The molecule has 2 aromatic carbocycles. The first-order chi connectivity index (χ1) is 10.4. The molecule has 0 bridgehead atoms. The van der Waals surface area contributed by atoms with Crippen LogP contribution in [0.4, 0.5) is 11.4 Å². The number of aromatic nitrogens is 1. The maximum Gasteiger partial charge on any atom is 0.202 e. The van der Waals surface area contributed by atoms with Gasteiger partial charge in [-0.3, -0.25) is 4.57 Å². The lowest BCUT2D eigenvalue weighted by Crippen LogP contribution is -2.24. The Morgan fingerprint density at radius 3 is 1.57 bits per heavy atom. The van der Waals surface area contributed by atoms with Gasteiger partial charge < -0.3 is 0 Å². The molecule has 3 nitrogen and oxygen atoms in total. The molecular weight excluding hydrogens is 298 g/mol. The molecule has 0 unspecified atom stereocenters. The van der Waals surface area contributed by atoms with Crippen LogP contribution in [0.25, 0.3) is 0 Å². The van der Waals surface area contributed by atoms with Gasteiger partial charge in [-0.15, -0.1) is 0 Å². The van der Waals surface area contributed by atoms with E-state index in [2.05, 4.69) is 11.5 Å². The quantitative estimate of drug-likeness (QED) is 0.652. The third-order valence-corrected chi connectivity index (χ3v) is 5.08. The smallest absolute Gasteiger partial charge is 0.202 e. The molecule has 0 fully saturated rings. The maximum absolute atomic E-state index is 4.71. The second-order valence-electron chi connectivity index (χ2n) is 4.37. The average Bonchev–Trinajstić information content (AvgIpc) is 2.91. The molecule has 3 rings (SSSR count). The molecule has 21 heavy (non-hydrogen) atoms. The molecule has 106 valence electrons. The number of hydrogen-bond donors (Lipinski definition) is 0. The molecule has 0 aliphatic rings. The Bertz CT molecular complexity index is 758. The molecule has 3 aromatic rings. The van der Waals surface area contributed by atoms with E-state index in [1.165, 1.54) is 0 Å². The summed E-state index contributed by atoms with van der Waals surface area (Å²) in [6.07, 6.45) is 0. The zero-order valence-electron chi connectivity index (χ0n) is 11.6. The van der Waals surface area contributed by atoms with E-state index >= 15 is 0 Å². The minimum Gasteiger partial charge on any atom is -0.293 e. The number of benzene rings is 2. The summed E-state index contributed by atoms with van der Waals surface area (Å²) in [4.78, 5) is 11.4. The van der Waals surface area contributed by atoms with Crippen LogP contribution in [0.2, 0.25) is 0 Å². The number of hydrogen-bond acceptors (Lipinski definition) is 4. The Labute approximate surface area is 130 Å². The minimum absolute atomic E-state index is 0.858. The van der Waals surface area contributed by atoms with E-state index in [0.717, 1.165) is 27.5 Å². The molecule has 0 aliphatic heterocycles. The van der Waals surface area contributed by atoms with Crippen molar-refractivity contribution in [1.29, 1.82) is 0 Å². The highest BCUT2D eigenvalue weighted by Gasteiger charge is 2.00. The van der Waals surface area contributed by atoms with E-state index in [4.69, 9.17) is 9.98 Å². The number of para-hydroxylation sites is 2. The second kappa shape index (κ2) is 6.65. The Hall–Kier alpha value is -1.98. The second-order valence-corrected chi connectivity index (χ2v) is 6.43. The average molecular weight is 313 g/mol. The van der Waals surface area contributed by atoms with E-state index in [0.29, 0.717) is 0 Å². The van der Waals surface area contributed by atoms with Crippen LogP contribution in [0.3, 0.4) is 0 Å². The van der Waals surface area contributed by atoms with Gasteiger partial charge in [-0.2, -0.15) is 0 Å². The van der Waals surface area contributed by atoms with Gasteiger partial charge >= 0.3 is 0 Å². The van der Waals surface area contributed by atoms with Crippen molar-refractivity contribution in [1.82, 2.24) is 4.57 Å². The van der Waals surface area contributed by atoms with Crippen LogP contribution in [0, 0.1) is 0 Å². The van der Waals surface area contributed by atoms with Crippen molar-refractivity contribution in [3.63, 3.8) is 0 Å². The maximum atomic E-state index is 4.71. The summed E-state index contributed by atoms with van der Waals surface area (Å²) in [5.74, 6) is 0. The topological polar surface area (TPSA) is 29.6 Å². The minimum atomic E-state index is 0.858. The molecule has 0 atom stereocenters. The van der Waals surface area contributed by atoms with Crippen molar-refractivity contribution in [3.8, 4) is 0 Å². The monoisotopic (exact) mass is 313 g/mol. The van der Waals surface area contributed by atoms with Gasteiger partial charge in [0.1, 0.15) is 0 Å². The Balaban J connectivity index is 2.10. The highest BCUT2D eigenvalue weighted by atomic mass is 32.9. The Morgan fingerprint density at radius 2 is 1.19 bits per heavy atom. The van der Waals surface area contributed by atoms with E-state index in [1.807, 2.05) is 60.7 Å². The van der Waals surface area contributed by atoms with Gasteiger partial charge in [0, 0.05) is 6.54 Å². The normalized spacial score (nSPS) is 12.8. The lowest BCUT2D eigenvalue weighted by atomic mass is 10.3. The van der Waals surface area contributed by atoms with Crippen molar-refractivity contribution in [2.45, 2.75) is 13.5 Å². The fourth-order valence-corrected chi connectivity index (χ4v) is 4.21. The molecule has 5 heteroatoms. The predicted octanol–water partition coefficient (Wildman–Crippen LogP) is 4.10. The van der Waals surface area contributed by atoms with Crippen LogP contribution in [0.1, 0.15) is 6.92 Å². The van der Waals surface area contributed by atoms with Crippen LogP contribution < -0.4 is 9.60 Å². The molecule has 0 aliphatic carbocycles. The standard InChI is InChI=1S/C16H15N3S2/c1-2-19-15(17-13-9-5-3-6-10-13)20-21-16(19)18-14-11-7-4-8-12-14/h3-12H,2H2,1H3. The SMILES string of the molecule is CCn1c(=Nc2ccccc2)ssc1=Nc1ccccc1. The van der Waals surface area contributed by atoms with Crippen molar-refractivity contribution in [2.24, 2.45) is 9.98 Å². The summed E-state index contributed by atoms with van der Waals surface area (Å²) in [5.41, 5.74) is 1.94. The van der Waals surface area contributed by atoms with Gasteiger partial charge in [0.25, 0.3) is 0 Å². The van der Waals surface area contributed by atoms with Gasteiger partial charge in [-0.05, 0) is 51.9 Å². The molecule has 0 spiro atoms. The Morgan fingerprint density at radius 1 is 0.762 bits per heavy atom. The molecule has 0 radical (unpaired) electrons. The van der Waals surface area contributed by atoms with Crippen LogP contribution >= 0.6 is 20.7 Å². The highest BCUT2D eigenvalue weighted by Crippen LogP contribution is 2.11. The Kier molecular flexibility index (Phi) is 4.43. The van der Waals surface area contributed by atoms with Crippen molar-refractivity contribution >= 4 is 32.1 Å². The summed E-state index contributed by atoms with van der Waals surface area (Å²) in [5, 5.41) is 0. The molecule has 0 N–H and O–H groups in total. The molecule has 1 heterocycles. The fourth-order valence-electron chi connectivity index (χ4n) is 1.90. The van der Waals surface area contributed by atoms with Crippen LogP contribution in [0.5, 0.6) is 0 Å². The van der Waals surface area contributed by atoms with E-state index in [9.17, 15) is 0 Å². The first-order valence-corrected chi connectivity index (χ1v) is 8.91. The lowest BCUT2D eigenvalue weighted by molar-refractivity contribution is 0.708. The number of nitrogens with zero attached hydrogens (tertiary/aromatic N) is 3. The highest BCUT2D eigenvalue weighted by molar-refractivity contribution is 7.67. The largest absolute Gasteiger partial charge is 0.293 e. The summed E-state index contributed by atoms with van der Waals surface area (Å²) < 4.78 is 2.15. The lowest BCUT2D eigenvalue weighted by Gasteiger charge is -1.97. The molecule has 0 amide bonds. The summed E-state index contributed by atoms with van der Waals surface area (Å²) in [7, 11) is 3.32. The summed E-state index contributed by atoms with van der Waals surface area (Å²) >= 11 is 0. The first kappa shape index (κ1) is 14.0. The molecule has 1 aromatic heterocycles. The van der Waals surface area contributed by atoms with Gasteiger partial charge in [-0.25, -0.2) is 9.98 Å². The first-order valence-electron chi connectivity index (χ1n) is 6.76. The fraction of sp³-hybridized carbons (Fsp3) is 0.125. The van der Waals surface area contributed by atoms with Crippen molar-refractivity contribution in [3.05, 3.63) is 70.3 Å². The molecule has 0 saturated heterocycles. The third-order valence-electron chi connectivity index (χ3n) is 2.93. The van der Waals surface area contributed by atoms with E-state index in [-0.39, 0.29) is 0 Å². The zero-order chi connectivity index (χ0) is 14.5. The molecule has 0 saturated carbocycles. The predicted molar refractivity (Wildman–Crippen MR) is 89.2 cm³/mol. The van der Waals surface area contributed by atoms with Crippen LogP contribution in [0.15, 0.2) is 70.6 Å². The van der Waals surface area contributed by atoms with Gasteiger partial charge in [0.15, 0.2) is 0 Å². The number of rotatable bonds is 3. The van der Waals surface area contributed by atoms with Crippen molar-refractivity contribution < 1.29 is 0 Å². The van der Waals surface area contributed by atoms with E-state index < -0.39 is 0 Å². The van der Waals surface area contributed by atoms with Gasteiger partial charge in [0.05, 0.1) is 11.4 Å². The van der Waals surface area contributed by atoms with Crippen LogP contribution in [-0.2, 0) is 6.54 Å². The molecular formula is C16H15N3S2. The van der Waals surface area contributed by atoms with Crippen molar-refractivity contribution in [2.75, 3.05) is 0 Å². The van der Waals surface area contributed by atoms with E-state index in [1.54, 1.807) is 20.7 Å². The zero-order valence-corrected chi connectivity index (χ0v) is 13.3. The third kappa shape index (κ3) is 3.37. The summed E-state index contributed by atoms with van der Waals surface area (Å²) in [6.45, 7) is 2.98. The van der Waals surface area contributed by atoms with Crippen LogP contribution in [-0.4, -0.2) is 4.57 Å². The van der Waals surface area contributed by atoms with Gasteiger partial charge in [-0.1, -0.05) is 36.4 Å². The summed E-state index contributed by atoms with van der Waals surface area (Å²) in [6, 6.07) is 20.1. The van der Waals surface area contributed by atoms with Gasteiger partial charge in [0.2, 0.25) is 9.60 Å².